The van der Waals surface area contributed by atoms with Crippen molar-refractivity contribution in [2.45, 2.75) is 37.0 Å². The van der Waals surface area contributed by atoms with E-state index in [1.807, 2.05) is 11.8 Å². The van der Waals surface area contributed by atoms with Gasteiger partial charge in [-0.3, -0.25) is 0 Å². The van der Waals surface area contributed by atoms with Crippen LogP contribution in [0.1, 0.15) is 36.8 Å². The predicted molar refractivity (Wildman–Crippen MR) is 94.7 cm³/mol. The summed E-state index contributed by atoms with van der Waals surface area (Å²) in [5.41, 5.74) is 6.68. The van der Waals surface area contributed by atoms with E-state index in [1.165, 1.54) is 51.3 Å². The molecule has 0 amide bonds. The molecule has 0 saturated carbocycles. The third kappa shape index (κ3) is 3.41. The lowest BCUT2D eigenvalue weighted by atomic mass is 9.95. The highest BCUT2D eigenvalue weighted by Gasteiger charge is 2.11. The molecular formula is C20H22S. The monoisotopic (exact) mass is 294 g/mol. The van der Waals surface area contributed by atoms with Gasteiger partial charge in [0.15, 0.2) is 0 Å². The molecule has 2 aliphatic rings. The van der Waals surface area contributed by atoms with Crippen molar-refractivity contribution in [3.05, 3.63) is 71.9 Å². The number of hydrogen-bond acceptors (Lipinski definition) is 1. The van der Waals surface area contributed by atoms with Crippen LogP contribution in [0.4, 0.5) is 0 Å². The molecule has 0 saturated heterocycles. The van der Waals surface area contributed by atoms with Crippen LogP contribution in [-0.2, 0) is 6.42 Å². The zero-order valence-corrected chi connectivity index (χ0v) is 13.3. The first kappa shape index (κ1) is 14.5. The lowest BCUT2D eigenvalue weighted by Gasteiger charge is -2.17. The Morgan fingerprint density at radius 3 is 2.81 bits per heavy atom. The third-order valence-corrected chi connectivity index (χ3v) is 5.46. The van der Waals surface area contributed by atoms with Crippen molar-refractivity contribution in [1.82, 2.24) is 0 Å². The summed E-state index contributed by atoms with van der Waals surface area (Å²) in [5, 5.41) is 0. The summed E-state index contributed by atoms with van der Waals surface area (Å²) in [5.74, 6) is 1.25. The van der Waals surface area contributed by atoms with E-state index >= 15 is 0 Å². The molecule has 1 heteroatoms. The Hall–Kier alpha value is -1.47. The number of benzene rings is 1. The van der Waals surface area contributed by atoms with E-state index in [4.69, 9.17) is 0 Å². The van der Waals surface area contributed by atoms with E-state index < -0.39 is 0 Å². The predicted octanol–water partition coefficient (Wildman–Crippen LogP) is 5.96. The van der Waals surface area contributed by atoms with E-state index in [9.17, 15) is 0 Å². The number of thioether (sulfide) groups is 1. The molecular weight excluding hydrogens is 272 g/mol. The number of aryl methyl sites for hydroxylation is 1. The Morgan fingerprint density at radius 1 is 1.14 bits per heavy atom. The quantitative estimate of drug-likeness (QED) is 0.645. The van der Waals surface area contributed by atoms with E-state index in [0.29, 0.717) is 0 Å². The Labute approximate surface area is 132 Å². The van der Waals surface area contributed by atoms with Gasteiger partial charge in [0, 0.05) is 4.90 Å². The largest absolute Gasteiger partial charge is 0.126 e. The topological polar surface area (TPSA) is 0 Å². The second-order valence-electron chi connectivity index (χ2n) is 5.81. The molecule has 0 unspecified atom stereocenters. The highest BCUT2D eigenvalue weighted by molar-refractivity contribution is 7.99. The summed E-state index contributed by atoms with van der Waals surface area (Å²) < 4.78 is 0. The highest BCUT2D eigenvalue weighted by Crippen LogP contribution is 2.33. The maximum absolute atomic E-state index is 4.29. The molecule has 3 rings (SSSR count). The molecule has 0 N–H and O–H groups in total. The van der Waals surface area contributed by atoms with Crippen molar-refractivity contribution in [1.29, 1.82) is 0 Å². The van der Waals surface area contributed by atoms with Crippen LogP contribution in [0.15, 0.2) is 65.6 Å². The second kappa shape index (κ2) is 6.53. The minimum Gasteiger partial charge on any atom is -0.126 e. The molecule has 0 aromatic heterocycles. The lowest BCUT2D eigenvalue weighted by Crippen LogP contribution is -1.99. The summed E-state index contributed by atoms with van der Waals surface area (Å²) in [6.45, 7) is 8.51. The summed E-state index contributed by atoms with van der Waals surface area (Å²) in [4.78, 5) is 1.46. The normalized spacial score (nSPS) is 16.5. The summed E-state index contributed by atoms with van der Waals surface area (Å²) >= 11 is 1.99. The Kier molecular flexibility index (Phi) is 4.50. The van der Waals surface area contributed by atoms with Crippen molar-refractivity contribution < 1.29 is 0 Å². The van der Waals surface area contributed by atoms with Gasteiger partial charge in [-0.1, -0.05) is 49.1 Å². The smallest absolute Gasteiger partial charge is 0.0110 e. The number of rotatable bonds is 5. The first-order valence-corrected chi connectivity index (χ1v) is 8.70. The average Bonchev–Trinajstić information content (AvgIpc) is 3.06. The van der Waals surface area contributed by atoms with Crippen LogP contribution in [0, 0.1) is 0 Å². The molecule has 0 fully saturated rings. The lowest BCUT2D eigenvalue weighted by molar-refractivity contribution is 0.888. The van der Waals surface area contributed by atoms with Crippen molar-refractivity contribution in [2.75, 3.05) is 5.75 Å². The highest BCUT2D eigenvalue weighted by atomic mass is 32.2. The number of fused-ring (bicyclic) bond motifs is 1. The van der Waals surface area contributed by atoms with Crippen LogP contribution in [-0.4, -0.2) is 5.75 Å². The molecule has 0 bridgehead atoms. The van der Waals surface area contributed by atoms with Gasteiger partial charge in [0.05, 0.1) is 0 Å². The van der Waals surface area contributed by atoms with Gasteiger partial charge in [-0.25, -0.2) is 0 Å². The van der Waals surface area contributed by atoms with Crippen LogP contribution in [0.3, 0.4) is 0 Å². The van der Waals surface area contributed by atoms with Gasteiger partial charge in [-0.15, -0.1) is 11.8 Å². The zero-order valence-electron chi connectivity index (χ0n) is 12.5. The van der Waals surface area contributed by atoms with Crippen molar-refractivity contribution in [3.8, 4) is 0 Å². The van der Waals surface area contributed by atoms with Gasteiger partial charge in [0.25, 0.3) is 0 Å². The van der Waals surface area contributed by atoms with Crippen LogP contribution >= 0.6 is 11.8 Å². The fourth-order valence-electron chi connectivity index (χ4n) is 2.88. The van der Waals surface area contributed by atoms with Crippen LogP contribution in [0.5, 0.6) is 0 Å². The van der Waals surface area contributed by atoms with Gasteiger partial charge in [-0.05, 0) is 66.2 Å². The standard InChI is InChI=1S/C20H22S/c1-15(17-6-3-4-7-17)9-10-16(2)19-12-11-18-8-5-13-21-20(18)14-19/h3-4,6,11-12,14H,1-2,5,7-10,13H2. The van der Waals surface area contributed by atoms with E-state index in [-0.39, 0.29) is 0 Å². The van der Waals surface area contributed by atoms with Gasteiger partial charge >= 0.3 is 0 Å². The zero-order chi connectivity index (χ0) is 14.7. The fraction of sp³-hybridized carbons (Fsp3) is 0.300. The molecule has 108 valence electrons. The van der Waals surface area contributed by atoms with Gasteiger partial charge < -0.3 is 0 Å². The molecule has 1 aromatic carbocycles. The minimum atomic E-state index is 1.000. The molecule has 0 spiro atoms. The summed E-state index contributed by atoms with van der Waals surface area (Å²) in [7, 11) is 0. The van der Waals surface area contributed by atoms with E-state index in [1.54, 1.807) is 0 Å². The van der Waals surface area contributed by atoms with E-state index in [2.05, 4.69) is 49.6 Å². The summed E-state index contributed by atoms with van der Waals surface area (Å²) in [6.07, 6.45) is 12.1. The van der Waals surface area contributed by atoms with Gasteiger partial charge in [-0.2, -0.15) is 0 Å². The van der Waals surface area contributed by atoms with Gasteiger partial charge in [0.1, 0.15) is 0 Å². The number of hydrogen-bond donors (Lipinski definition) is 0. The summed E-state index contributed by atoms with van der Waals surface area (Å²) in [6, 6.07) is 6.87. The molecule has 0 nitrogen and oxygen atoms in total. The van der Waals surface area contributed by atoms with Crippen molar-refractivity contribution in [2.24, 2.45) is 0 Å². The number of allylic oxidation sites excluding steroid dienone is 6. The molecule has 1 aromatic rings. The third-order valence-electron chi connectivity index (χ3n) is 4.28. The van der Waals surface area contributed by atoms with Gasteiger partial charge in [0.2, 0.25) is 0 Å². The van der Waals surface area contributed by atoms with Crippen molar-refractivity contribution in [3.63, 3.8) is 0 Å². The minimum absolute atomic E-state index is 1.000. The van der Waals surface area contributed by atoms with Crippen molar-refractivity contribution >= 4 is 17.3 Å². The SMILES string of the molecule is C=C(CCC(=C)c1ccc2c(c1)SCCC2)C1=CC=CC1. The Morgan fingerprint density at radius 2 is 2.00 bits per heavy atom. The van der Waals surface area contributed by atoms with Crippen LogP contribution in [0.2, 0.25) is 0 Å². The molecule has 1 heterocycles. The molecule has 0 radical (unpaired) electrons. The Balaban J connectivity index is 1.61. The van der Waals surface area contributed by atoms with Crippen LogP contribution in [0.25, 0.3) is 5.57 Å². The molecule has 1 aliphatic heterocycles. The average molecular weight is 294 g/mol. The molecule has 21 heavy (non-hydrogen) atoms. The second-order valence-corrected chi connectivity index (χ2v) is 6.94. The first-order chi connectivity index (χ1) is 10.2. The fourth-order valence-corrected chi connectivity index (χ4v) is 3.95. The maximum atomic E-state index is 4.29. The Bertz CT molecular complexity index is 631. The first-order valence-electron chi connectivity index (χ1n) is 7.72. The molecule has 0 atom stereocenters. The molecule has 1 aliphatic carbocycles. The maximum Gasteiger partial charge on any atom is 0.0110 e. The van der Waals surface area contributed by atoms with E-state index in [0.717, 1.165) is 19.3 Å². The van der Waals surface area contributed by atoms with Crippen LogP contribution < -0.4 is 0 Å².